The molecule has 0 amide bonds. The number of aromatic nitrogens is 3. The van der Waals surface area contributed by atoms with Crippen LogP contribution < -0.4 is 20.2 Å². The van der Waals surface area contributed by atoms with Gasteiger partial charge in [0.25, 0.3) is 0 Å². The Labute approximate surface area is 266 Å². The summed E-state index contributed by atoms with van der Waals surface area (Å²) in [7, 11) is 5.62. The lowest BCUT2D eigenvalue weighted by atomic mass is 10.1. The zero-order chi connectivity index (χ0) is 31.9. The standard InChI is InChI=1S/C34H39N5O7/c1-37(2)28-6-4-24-18-27-20-31(34(40)46-32(27)22-26(24)19-28)39-23-29(35-36-39)25-5-7-30(33(21-25)41-3)38-8-10-42-12-14-44-16-17-45-15-13-43-11-9-38/h4-7,18-23H,8-17H2,1-3H3. The van der Waals surface area contributed by atoms with Crippen LogP contribution in [-0.2, 0) is 18.9 Å². The molecule has 6 rings (SSSR count). The fourth-order valence-electron chi connectivity index (χ4n) is 5.36. The molecule has 2 aromatic heterocycles. The van der Waals surface area contributed by atoms with Gasteiger partial charge < -0.3 is 37.9 Å². The molecule has 1 fully saturated rings. The highest BCUT2D eigenvalue weighted by Crippen LogP contribution is 2.33. The number of nitrogens with zero attached hydrogens (tertiary/aromatic N) is 5. The maximum absolute atomic E-state index is 13.1. The molecule has 0 atom stereocenters. The molecule has 12 nitrogen and oxygen atoms in total. The smallest absolute Gasteiger partial charge is 0.362 e. The second-order valence-electron chi connectivity index (χ2n) is 11.1. The molecule has 12 heteroatoms. The van der Waals surface area contributed by atoms with Gasteiger partial charge in [0, 0.05) is 43.8 Å². The first-order chi connectivity index (χ1) is 22.5. The molecule has 1 saturated heterocycles. The minimum Gasteiger partial charge on any atom is -0.495 e. The van der Waals surface area contributed by atoms with Crippen LogP contribution >= 0.6 is 0 Å². The molecule has 0 spiro atoms. The van der Waals surface area contributed by atoms with Crippen LogP contribution in [0, 0.1) is 0 Å². The van der Waals surface area contributed by atoms with Gasteiger partial charge in [0.15, 0.2) is 5.69 Å². The first-order valence-corrected chi connectivity index (χ1v) is 15.4. The van der Waals surface area contributed by atoms with E-state index in [2.05, 4.69) is 33.4 Å². The molecular formula is C34H39N5O7. The van der Waals surface area contributed by atoms with E-state index in [4.69, 9.17) is 28.1 Å². The average Bonchev–Trinajstić information content (AvgIpc) is 3.55. The summed E-state index contributed by atoms with van der Waals surface area (Å²) in [6.45, 7) is 5.50. The predicted molar refractivity (Wildman–Crippen MR) is 177 cm³/mol. The third-order valence-corrected chi connectivity index (χ3v) is 7.86. The summed E-state index contributed by atoms with van der Waals surface area (Å²) in [5.41, 5.74) is 3.64. The highest BCUT2D eigenvalue weighted by molar-refractivity contribution is 5.97. The fourth-order valence-corrected chi connectivity index (χ4v) is 5.36. The van der Waals surface area contributed by atoms with E-state index in [9.17, 15) is 4.79 Å². The maximum atomic E-state index is 13.1. The van der Waals surface area contributed by atoms with Crippen molar-refractivity contribution >= 4 is 33.1 Å². The Balaban J connectivity index is 1.23. The van der Waals surface area contributed by atoms with Crippen molar-refractivity contribution in [2.75, 3.05) is 96.9 Å². The number of methoxy groups -OCH3 is 1. The molecular weight excluding hydrogens is 590 g/mol. The first kappa shape index (κ1) is 31.5. The van der Waals surface area contributed by atoms with Crippen LogP contribution in [0.3, 0.4) is 0 Å². The van der Waals surface area contributed by atoms with Crippen molar-refractivity contribution in [2.45, 2.75) is 0 Å². The first-order valence-electron chi connectivity index (χ1n) is 15.4. The topological polar surface area (TPSA) is 114 Å². The summed E-state index contributed by atoms with van der Waals surface area (Å²) in [6.07, 6.45) is 1.72. The van der Waals surface area contributed by atoms with E-state index in [1.165, 1.54) is 4.68 Å². The van der Waals surface area contributed by atoms with Gasteiger partial charge in [-0.3, -0.25) is 0 Å². The Bertz CT molecular complexity index is 1820. The van der Waals surface area contributed by atoms with E-state index in [1.54, 1.807) is 19.4 Å². The minimum atomic E-state index is -0.500. The molecule has 0 N–H and O–H groups in total. The van der Waals surface area contributed by atoms with E-state index >= 15 is 0 Å². The fraction of sp³-hybridized carbons (Fsp3) is 0.382. The number of benzene rings is 3. The summed E-state index contributed by atoms with van der Waals surface area (Å²) in [5, 5.41) is 11.5. The number of fused-ring (bicyclic) bond motifs is 2. The second kappa shape index (κ2) is 14.7. The van der Waals surface area contributed by atoms with Crippen molar-refractivity contribution in [1.82, 2.24) is 15.0 Å². The number of rotatable bonds is 5. The molecule has 0 radical (unpaired) electrons. The van der Waals surface area contributed by atoms with Crippen LogP contribution in [-0.4, -0.2) is 102 Å². The van der Waals surface area contributed by atoms with Crippen molar-refractivity contribution < 1.29 is 28.1 Å². The Morgan fingerprint density at radius 2 is 1.43 bits per heavy atom. The van der Waals surface area contributed by atoms with Crippen molar-refractivity contribution in [3.05, 3.63) is 71.2 Å². The molecule has 3 heterocycles. The van der Waals surface area contributed by atoms with Gasteiger partial charge in [0.1, 0.15) is 17.0 Å². The van der Waals surface area contributed by atoms with Gasteiger partial charge in [0.05, 0.1) is 71.8 Å². The van der Waals surface area contributed by atoms with Crippen LogP contribution in [0.2, 0.25) is 0 Å². The highest BCUT2D eigenvalue weighted by Gasteiger charge is 2.17. The Morgan fingerprint density at radius 1 is 0.739 bits per heavy atom. The zero-order valence-electron chi connectivity index (χ0n) is 26.4. The van der Waals surface area contributed by atoms with Crippen LogP contribution in [0.1, 0.15) is 0 Å². The second-order valence-corrected chi connectivity index (χ2v) is 11.1. The van der Waals surface area contributed by atoms with Crippen LogP contribution in [0.5, 0.6) is 5.75 Å². The van der Waals surface area contributed by atoms with Crippen molar-refractivity contribution in [1.29, 1.82) is 0 Å². The zero-order valence-corrected chi connectivity index (χ0v) is 26.4. The highest BCUT2D eigenvalue weighted by atomic mass is 16.6. The molecule has 0 aliphatic carbocycles. The van der Waals surface area contributed by atoms with E-state index < -0.39 is 5.63 Å². The summed E-state index contributed by atoms with van der Waals surface area (Å²) >= 11 is 0. The normalized spacial score (nSPS) is 15.8. The molecule has 46 heavy (non-hydrogen) atoms. The van der Waals surface area contributed by atoms with Crippen LogP contribution in [0.25, 0.3) is 38.7 Å². The number of anilines is 2. The van der Waals surface area contributed by atoms with Gasteiger partial charge in [-0.15, -0.1) is 5.10 Å². The molecule has 0 bridgehead atoms. The minimum absolute atomic E-state index is 0.274. The Kier molecular flexibility index (Phi) is 10.1. The Morgan fingerprint density at radius 3 is 2.11 bits per heavy atom. The lowest BCUT2D eigenvalue weighted by Crippen LogP contribution is -2.32. The number of ether oxygens (including phenoxy) is 5. The van der Waals surface area contributed by atoms with E-state index in [0.717, 1.165) is 33.1 Å². The van der Waals surface area contributed by atoms with Gasteiger partial charge in [0.2, 0.25) is 0 Å². The van der Waals surface area contributed by atoms with Gasteiger partial charge in [-0.25, -0.2) is 9.48 Å². The van der Waals surface area contributed by atoms with Crippen molar-refractivity contribution in [2.24, 2.45) is 0 Å². The van der Waals surface area contributed by atoms with Crippen LogP contribution in [0.4, 0.5) is 11.4 Å². The maximum Gasteiger partial charge on any atom is 0.362 e. The molecule has 1 aliphatic rings. The summed E-state index contributed by atoms with van der Waals surface area (Å²) < 4.78 is 35.7. The van der Waals surface area contributed by atoms with Crippen LogP contribution in [0.15, 0.2) is 70.0 Å². The van der Waals surface area contributed by atoms with Gasteiger partial charge in [-0.1, -0.05) is 17.3 Å². The van der Waals surface area contributed by atoms with Gasteiger partial charge >= 0.3 is 5.63 Å². The quantitative estimate of drug-likeness (QED) is 0.206. The van der Waals surface area contributed by atoms with Gasteiger partial charge in [-0.05, 0) is 53.2 Å². The Hall–Kier alpha value is -4.49. The number of hydrogen-bond donors (Lipinski definition) is 0. The third-order valence-electron chi connectivity index (χ3n) is 7.86. The van der Waals surface area contributed by atoms with E-state index in [-0.39, 0.29) is 5.69 Å². The van der Waals surface area contributed by atoms with E-state index in [0.29, 0.717) is 83.0 Å². The van der Waals surface area contributed by atoms with E-state index in [1.807, 2.05) is 49.3 Å². The SMILES string of the molecule is COc1cc(-c2cn(-c3cc4cc5ccc(N(C)C)cc5cc4oc3=O)nn2)ccc1N1CCOCCOCCOCCOCC1. The van der Waals surface area contributed by atoms with Gasteiger partial charge in [-0.2, -0.15) is 0 Å². The van der Waals surface area contributed by atoms with Crippen molar-refractivity contribution in [3.8, 4) is 22.7 Å². The number of hydrogen-bond acceptors (Lipinski definition) is 11. The molecule has 5 aromatic rings. The third kappa shape index (κ3) is 7.31. The lowest BCUT2D eigenvalue weighted by Gasteiger charge is -2.26. The molecule has 242 valence electrons. The largest absolute Gasteiger partial charge is 0.495 e. The summed E-state index contributed by atoms with van der Waals surface area (Å²) in [4.78, 5) is 17.3. The molecule has 3 aromatic carbocycles. The average molecular weight is 630 g/mol. The molecule has 0 unspecified atom stereocenters. The lowest BCUT2D eigenvalue weighted by molar-refractivity contribution is 0.00206. The summed E-state index contributed by atoms with van der Waals surface area (Å²) in [5.74, 6) is 0.672. The molecule has 0 saturated carbocycles. The predicted octanol–water partition coefficient (Wildman–Crippen LogP) is 4.15. The monoisotopic (exact) mass is 629 g/mol. The van der Waals surface area contributed by atoms with Crippen molar-refractivity contribution in [3.63, 3.8) is 0 Å². The molecule has 1 aliphatic heterocycles. The summed E-state index contributed by atoms with van der Waals surface area (Å²) in [6, 6.07) is 17.8.